The maximum Gasteiger partial charge on any atom is 0.340 e. The molecule has 2 aromatic carbocycles. The lowest BCUT2D eigenvalue weighted by Crippen LogP contribution is -2.30. The van der Waals surface area contributed by atoms with Gasteiger partial charge in [0.1, 0.15) is 11.4 Å². The average molecular weight is 561 g/mol. The van der Waals surface area contributed by atoms with Crippen molar-refractivity contribution in [2.75, 3.05) is 24.9 Å². The number of halogens is 1. The number of methoxy groups -OCH3 is 2. The minimum absolute atomic E-state index is 0.0199. The Balaban J connectivity index is 2.27. The van der Waals surface area contributed by atoms with E-state index < -0.39 is 33.6 Å². The molecule has 0 aliphatic rings. The van der Waals surface area contributed by atoms with Crippen molar-refractivity contribution in [3.8, 4) is 0 Å². The van der Waals surface area contributed by atoms with Crippen LogP contribution >= 0.6 is 15.9 Å². The van der Waals surface area contributed by atoms with Gasteiger partial charge < -0.3 is 25.2 Å². The summed E-state index contributed by atoms with van der Waals surface area (Å²) >= 11 is 3.27. The Morgan fingerprint density at radius 3 is 1.97 bits per heavy atom. The quantitative estimate of drug-likeness (QED) is 0.136. The molecule has 12 heteroatoms. The number of anilines is 2. The van der Waals surface area contributed by atoms with E-state index in [1.54, 1.807) is 38.1 Å². The number of rotatable bonds is 8. The normalized spacial score (nSPS) is 11.9. The van der Waals surface area contributed by atoms with E-state index in [-0.39, 0.29) is 22.7 Å². The number of esters is 2. The third kappa shape index (κ3) is 7.47. The summed E-state index contributed by atoms with van der Waals surface area (Å²) in [5, 5.41) is 23.0. The van der Waals surface area contributed by atoms with E-state index in [0.29, 0.717) is 11.4 Å². The molecule has 0 aliphatic carbocycles. The molecule has 0 saturated heterocycles. The molecule has 3 N–H and O–H groups in total. The van der Waals surface area contributed by atoms with Crippen molar-refractivity contribution >= 4 is 56.7 Å². The lowest BCUT2D eigenvalue weighted by Gasteiger charge is -2.16. The Morgan fingerprint density at radius 1 is 0.917 bits per heavy atom. The molecule has 2 rings (SSSR count). The molecule has 0 saturated carbocycles. The molecule has 2 amide bonds. The fraction of sp³-hybridized carbons (Fsp3) is 0.250. The zero-order valence-corrected chi connectivity index (χ0v) is 21.8. The monoisotopic (exact) mass is 560 g/mol. The number of aliphatic hydroxyl groups is 1. The Labute approximate surface area is 215 Å². The highest BCUT2D eigenvalue weighted by Crippen LogP contribution is 2.25. The largest absolute Gasteiger partial charge is 0.510 e. The number of benzene rings is 2. The number of carbonyl (C=O) groups is 4. The first kappa shape index (κ1) is 28.2. The minimum Gasteiger partial charge on any atom is -0.510 e. The zero-order chi connectivity index (χ0) is 27.0. The number of nitrogens with zero attached hydrogens (tertiary/aromatic N) is 2. The van der Waals surface area contributed by atoms with Gasteiger partial charge in [-0.1, -0.05) is 15.9 Å². The van der Waals surface area contributed by atoms with E-state index in [2.05, 4.69) is 41.5 Å². The molecule has 11 nitrogen and oxygen atoms in total. The molecule has 0 fully saturated rings. The summed E-state index contributed by atoms with van der Waals surface area (Å²) in [5.74, 6) is -2.90. The molecule has 2 aromatic rings. The van der Waals surface area contributed by atoms with Gasteiger partial charge in [-0.2, -0.15) is 0 Å². The molecular formula is C24H25BrN4O7. The van der Waals surface area contributed by atoms with Gasteiger partial charge in [0.05, 0.1) is 29.7 Å². The summed E-state index contributed by atoms with van der Waals surface area (Å²) in [6.07, 6.45) is 0. The van der Waals surface area contributed by atoms with Crippen LogP contribution < -0.4 is 10.6 Å². The Bertz CT molecular complexity index is 1230. The van der Waals surface area contributed by atoms with Gasteiger partial charge in [-0.05, 0) is 63.2 Å². The van der Waals surface area contributed by atoms with Gasteiger partial charge in [0.25, 0.3) is 5.91 Å². The SMILES string of the molecule is COC(=O)c1ccc(C(=O)OC)c(N=NC(C(=O)Nc2ccc(NC(=O)C(C)(C)Br)cc2)=C(C)O)c1. The van der Waals surface area contributed by atoms with Crippen LogP contribution in [0.25, 0.3) is 0 Å². The van der Waals surface area contributed by atoms with E-state index in [1.165, 1.54) is 39.3 Å². The Morgan fingerprint density at radius 2 is 1.47 bits per heavy atom. The van der Waals surface area contributed by atoms with Crippen LogP contribution in [0.3, 0.4) is 0 Å². The van der Waals surface area contributed by atoms with E-state index >= 15 is 0 Å². The molecule has 0 aromatic heterocycles. The van der Waals surface area contributed by atoms with Crippen molar-refractivity contribution < 1.29 is 33.8 Å². The van der Waals surface area contributed by atoms with E-state index in [4.69, 9.17) is 4.74 Å². The second-order valence-electron chi connectivity index (χ2n) is 7.81. The summed E-state index contributed by atoms with van der Waals surface area (Å²) < 4.78 is 8.62. The standard InChI is InChI=1S/C24H25BrN4O7/c1-13(30)19(20(31)26-15-7-9-16(10-8-15)27-23(34)24(2,3)25)29-28-18-12-14(21(32)35-4)6-11-17(18)22(33)36-5/h6-12,30H,1-5H3,(H,26,31)(H,27,34). The number of carbonyl (C=O) groups excluding carboxylic acids is 4. The lowest BCUT2D eigenvalue weighted by molar-refractivity contribution is -0.117. The lowest BCUT2D eigenvalue weighted by atomic mass is 10.1. The molecular weight excluding hydrogens is 536 g/mol. The predicted molar refractivity (Wildman–Crippen MR) is 136 cm³/mol. The molecule has 0 unspecified atom stereocenters. The summed E-state index contributed by atoms with van der Waals surface area (Å²) in [4.78, 5) is 48.7. The van der Waals surface area contributed by atoms with Gasteiger partial charge in [-0.25, -0.2) is 9.59 Å². The van der Waals surface area contributed by atoms with Crippen molar-refractivity contribution in [2.45, 2.75) is 25.1 Å². The minimum atomic E-state index is -0.791. The second-order valence-corrected chi connectivity index (χ2v) is 9.79. The second kappa shape index (κ2) is 12.1. The highest BCUT2D eigenvalue weighted by molar-refractivity contribution is 9.10. The summed E-state index contributed by atoms with van der Waals surface area (Å²) in [6, 6.07) is 10.2. The van der Waals surface area contributed by atoms with Gasteiger partial charge in [0.2, 0.25) is 5.91 Å². The summed E-state index contributed by atoms with van der Waals surface area (Å²) in [6.45, 7) is 4.65. The third-order valence-electron chi connectivity index (χ3n) is 4.58. The van der Waals surface area contributed by atoms with Crippen molar-refractivity contribution in [2.24, 2.45) is 10.2 Å². The van der Waals surface area contributed by atoms with E-state index in [9.17, 15) is 24.3 Å². The van der Waals surface area contributed by atoms with Crippen LogP contribution in [0.2, 0.25) is 0 Å². The van der Waals surface area contributed by atoms with Crippen LogP contribution in [0.5, 0.6) is 0 Å². The molecule has 190 valence electrons. The molecule has 0 atom stereocenters. The Kier molecular flexibility index (Phi) is 9.45. The molecule has 0 spiro atoms. The molecule has 36 heavy (non-hydrogen) atoms. The number of alkyl halides is 1. The van der Waals surface area contributed by atoms with Crippen LogP contribution in [0.1, 0.15) is 41.5 Å². The van der Waals surface area contributed by atoms with Gasteiger partial charge in [-0.3, -0.25) is 9.59 Å². The number of azo groups is 1. The Hall–Kier alpha value is -4.06. The van der Waals surface area contributed by atoms with Crippen LogP contribution in [0.4, 0.5) is 17.1 Å². The number of allylic oxidation sites excluding steroid dienone is 1. The number of hydrogen-bond acceptors (Lipinski definition) is 9. The predicted octanol–water partition coefficient (Wildman–Crippen LogP) is 4.88. The fourth-order valence-electron chi connectivity index (χ4n) is 2.63. The molecule has 0 aliphatic heterocycles. The maximum atomic E-state index is 12.7. The fourth-order valence-corrected chi connectivity index (χ4v) is 2.73. The zero-order valence-electron chi connectivity index (χ0n) is 20.2. The maximum absolute atomic E-state index is 12.7. The van der Waals surface area contributed by atoms with Gasteiger partial charge in [-0.15, -0.1) is 10.2 Å². The highest BCUT2D eigenvalue weighted by Gasteiger charge is 2.23. The molecule has 0 radical (unpaired) electrons. The van der Waals surface area contributed by atoms with Crippen molar-refractivity contribution in [1.29, 1.82) is 0 Å². The van der Waals surface area contributed by atoms with Crippen LogP contribution in [-0.4, -0.2) is 47.4 Å². The summed E-state index contributed by atoms with van der Waals surface area (Å²) in [7, 11) is 2.37. The smallest absolute Gasteiger partial charge is 0.340 e. The number of amides is 2. The number of nitrogens with one attached hydrogen (secondary N) is 2. The topological polar surface area (TPSA) is 156 Å². The third-order valence-corrected chi connectivity index (χ3v) is 4.94. The average Bonchev–Trinajstić information content (AvgIpc) is 2.83. The first-order valence-electron chi connectivity index (χ1n) is 10.4. The molecule has 0 bridgehead atoms. The highest BCUT2D eigenvalue weighted by atomic mass is 79.9. The first-order valence-corrected chi connectivity index (χ1v) is 11.2. The van der Waals surface area contributed by atoms with Gasteiger partial charge in [0, 0.05) is 11.4 Å². The summed E-state index contributed by atoms with van der Waals surface area (Å²) in [5.41, 5.74) is 0.422. The van der Waals surface area contributed by atoms with E-state index in [0.717, 1.165) is 0 Å². The number of hydrogen-bond donors (Lipinski definition) is 3. The number of aliphatic hydroxyl groups excluding tert-OH is 1. The first-order chi connectivity index (χ1) is 16.9. The van der Waals surface area contributed by atoms with E-state index in [1.807, 2.05) is 0 Å². The molecule has 0 heterocycles. The van der Waals surface area contributed by atoms with Crippen molar-refractivity contribution in [1.82, 2.24) is 0 Å². The van der Waals surface area contributed by atoms with Crippen molar-refractivity contribution in [3.63, 3.8) is 0 Å². The van der Waals surface area contributed by atoms with Crippen LogP contribution in [-0.2, 0) is 19.1 Å². The van der Waals surface area contributed by atoms with Crippen LogP contribution in [0.15, 0.2) is 64.1 Å². The van der Waals surface area contributed by atoms with Gasteiger partial charge >= 0.3 is 11.9 Å². The van der Waals surface area contributed by atoms with Gasteiger partial charge in [0.15, 0.2) is 5.70 Å². The van der Waals surface area contributed by atoms with Crippen molar-refractivity contribution in [3.05, 3.63) is 65.0 Å². The van der Waals surface area contributed by atoms with Crippen LogP contribution in [0, 0.1) is 0 Å². The number of ether oxygens (including phenoxy) is 2.